The number of nitrogens with two attached hydrogens (primary N) is 1. The number of nitrogens with zero attached hydrogens (tertiary/aromatic N) is 1. The molecule has 3 nitrogen and oxygen atoms in total. The highest BCUT2D eigenvalue weighted by molar-refractivity contribution is 5.86. The van der Waals surface area contributed by atoms with Gasteiger partial charge in [0.1, 0.15) is 0 Å². The average Bonchev–Trinajstić information content (AvgIpc) is 2.64. The van der Waals surface area contributed by atoms with Crippen LogP contribution in [0.3, 0.4) is 0 Å². The second-order valence-corrected chi connectivity index (χ2v) is 5.42. The van der Waals surface area contributed by atoms with Crippen molar-refractivity contribution in [3.63, 3.8) is 0 Å². The third-order valence-corrected chi connectivity index (χ3v) is 4.38. The van der Waals surface area contributed by atoms with Crippen LogP contribution in [0, 0.1) is 0 Å². The lowest BCUT2D eigenvalue weighted by molar-refractivity contribution is -0.138. The third kappa shape index (κ3) is 3.44. The standard InChI is InChI=1S/C14H28N2O/c1-4-14(15,5-2)13(17)16(3)12-10-8-6-7-9-11-12/h12H,4-11,15H2,1-3H3. The van der Waals surface area contributed by atoms with Crippen molar-refractivity contribution >= 4 is 5.91 Å². The van der Waals surface area contributed by atoms with Gasteiger partial charge < -0.3 is 10.6 Å². The van der Waals surface area contributed by atoms with E-state index >= 15 is 0 Å². The predicted molar refractivity (Wildman–Crippen MR) is 71.8 cm³/mol. The van der Waals surface area contributed by atoms with Crippen molar-refractivity contribution < 1.29 is 4.79 Å². The molecule has 1 fully saturated rings. The molecule has 0 heterocycles. The summed E-state index contributed by atoms with van der Waals surface area (Å²) in [6, 6.07) is 0.408. The Morgan fingerprint density at radius 2 is 1.65 bits per heavy atom. The van der Waals surface area contributed by atoms with E-state index in [4.69, 9.17) is 5.73 Å². The fourth-order valence-corrected chi connectivity index (χ4v) is 2.71. The minimum atomic E-state index is -0.652. The molecule has 0 aromatic carbocycles. The summed E-state index contributed by atoms with van der Waals surface area (Å²) in [5, 5.41) is 0. The van der Waals surface area contributed by atoms with Gasteiger partial charge in [-0.05, 0) is 25.7 Å². The zero-order valence-corrected chi connectivity index (χ0v) is 11.7. The van der Waals surface area contributed by atoms with Crippen molar-refractivity contribution in [1.82, 2.24) is 4.90 Å². The molecule has 100 valence electrons. The van der Waals surface area contributed by atoms with Gasteiger partial charge in [-0.2, -0.15) is 0 Å². The Kier molecular flexibility index (Phi) is 5.44. The summed E-state index contributed by atoms with van der Waals surface area (Å²) >= 11 is 0. The molecule has 0 bridgehead atoms. The maximum atomic E-state index is 12.4. The van der Waals surface area contributed by atoms with Gasteiger partial charge in [-0.3, -0.25) is 4.79 Å². The van der Waals surface area contributed by atoms with Crippen molar-refractivity contribution in [1.29, 1.82) is 0 Å². The van der Waals surface area contributed by atoms with E-state index in [9.17, 15) is 4.79 Å². The van der Waals surface area contributed by atoms with Crippen LogP contribution < -0.4 is 5.73 Å². The summed E-state index contributed by atoms with van der Waals surface area (Å²) in [5.41, 5.74) is 5.54. The summed E-state index contributed by atoms with van der Waals surface area (Å²) in [4.78, 5) is 14.4. The predicted octanol–water partition coefficient (Wildman–Crippen LogP) is 2.69. The first-order chi connectivity index (χ1) is 8.05. The number of likely N-dealkylation sites (N-methyl/N-ethyl adjacent to an activating group) is 1. The molecule has 2 N–H and O–H groups in total. The molecule has 0 atom stereocenters. The third-order valence-electron chi connectivity index (χ3n) is 4.38. The molecule has 17 heavy (non-hydrogen) atoms. The summed E-state index contributed by atoms with van der Waals surface area (Å²) in [6.07, 6.45) is 8.86. The van der Waals surface area contributed by atoms with Crippen molar-refractivity contribution in [2.24, 2.45) is 5.73 Å². The second kappa shape index (κ2) is 6.39. The SMILES string of the molecule is CCC(N)(CC)C(=O)N(C)C1CCCCCC1. The second-order valence-electron chi connectivity index (χ2n) is 5.42. The van der Waals surface area contributed by atoms with E-state index in [1.807, 2.05) is 25.8 Å². The first kappa shape index (κ1) is 14.5. The van der Waals surface area contributed by atoms with Crippen molar-refractivity contribution in [3.05, 3.63) is 0 Å². The number of carbonyl (C=O) groups is 1. The average molecular weight is 240 g/mol. The Morgan fingerprint density at radius 1 is 1.18 bits per heavy atom. The number of amides is 1. The van der Waals surface area contributed by atoms with Gasteiger partial charge in [0.25, 0.3) is 0 Å². The molecule has 1 amide bonds. The Labute approximate surface area is 106 Å². The van der Waals surface area contributed by atoms with Crippen LogP contribution in [0.15, 0.2) is 0 Å². The molecule has 3 heteroatoms. The maximum Gasteiger partial charge on any atom is 0.242 e. The fraction of sp³-hybridized carbons (Fsp3) is 0.929. The van der Waals surface area contributed by atoms with E-state index in [-0.39, 0.29) is 5.91 Å². The lowest BCUT2D eigenvalue weighted by Gasteiger charge is -2.35. The molecule has 0 aliphatic heterocycles. The smallest absolute Gasteiger partial charge is 0.242 e. The molecular weight excluding hydrogens is 212 g/mol. The summed E-state index contributed by atoms with van der Waals surface area (Å²) < 4.78 is 0. The molecule has 0 saturated heterocycles. The quantitative estimate of drug-likeness (QED) is 0.768. The highest BCUT2D eigenvalue weighted by atomic mass is 16.2. The molecule has 0 aromatic heterocycles. The van der Waals surface area contributed by atoms with Crippen molar-refractivity contribution in [2.45, 2.75) is 76.8 Å². The van der Waals surface area contributed by atoms with Gasteiger partial charge in [-0.25, -0.2) is 0 Å². The Morgan fingerprint density at radius 3 is 2.06 bits per heavy atom. The van der Waals surface area contributed by atoms with Gasteiger partial charge in [0.05, 0.1) is 5.54 Å². The van der Waals surface area contributed by atoms with Gasteiger partial charge in [0.15, 0.2) is 0 Å². The molecule has 1 aliphatic rings. The van der Waals surface area contributed by atoms with E-state index in [1.165, 1.54) is 25.7 Å². The first-order valence-electron chi connectivity index (χ1n) is 7.11. The van der Waals surface area contributed by atoms with E-state index < -0.39 is 5.54 Å². The van der Waals surface area contributed by atoms with Crippen LogP contribution in [-0.2, 0) is 4.79 Å². The van der Waals surface area contributed by atoms with E-state index in [1.54, 1.807) is 0 Å². The largest absolute Gasteiger partial charge is 0.341 e. The lowest BCUT2D eigenvalue weighted by Crippen LogP contribution is -2.55. The van der Waals surface area contributed by atoms with E-state index in [2.05, 4.69) is 0 Å². The first-order valence-corrected chi connectivity index (χ1v) is 7.11. The Hall–Kier alpha value is -0.570. The highest BCUT2D eigenvalue weighted by Crippen LogP contribution is 2.24. The highest BCUT2D eigenvalue weighted by Gasteiger charge is 2.35. The molecule has 0 radical (unpaired) electrons. The van der Waals surface area contributed by atoms with Crippen LogP contribution >= 0.6 is 0 Å². The summed E-state index contributed by atoms with van der Waals surface area (Å²) in [6.45, 7) is 4.00. The zero-order chi connectivity index (χ0) is 12.9. The number of carbonyl (C=O) groups excluding carboxylic acids is 1. The van der Waals surface area contributed by atoms with Crippen molar-refractivity contribution in [2.75, 3.05) is 7.05 Å². The molecule has 0 spiro atoms. The van der Waals surface area contributed by atoms with Gasteiger partial charge >= 0.3 is 0 Å². The van der Waals surface area contributed by atoms with Crippen LogP contribution in [0.1, 0.15) is 65.2 Å². The van der Waals surface area contributed by atoms with Crippen LogP contribution in [0.2, 0.25) is 0 Å². The lowest BCUT2D eigenvalue weighted by atomic mass is 9.91. The molecule has 1 aliphatic carbocycles. The fourth-order valence-electron chi connectivity index (χ4n) is 2.71. The van der Waals surface area contributed by atoms with Gasteiger partial charge in [-0.15, -0.1) is 0 Å². The number of hydrogen-bond donors (Lipinski definition) is 1. The minimum absolute atomic E-state index is 0.134. The zero-order valence-electron chi connectivity index (χ0n) is 11.7. The molecule has 0 unspecified atom stereocenters. The summed E-state index contributed by atoms with van der Waals surface area (Å²) in [5.74, 6) is 0.134. The number of hydrogen-bond acceptors (Lipinski definition) is 2. The topological polar surface area (TPSA) is 46.3 Å². The van der Waals surface area contributed by atoms with Gasteiger partial charge in [-0.1, -0.05) is 39.5 Å². The monoisotopic (exact) mass is 240 g/mol. The molecular formula is C14H28N2O. The van der Waals surface area contributed by atoms with E-state index in [0.29, 0.717) is 6.04 Å². The van der Waals surface area contributed by atoms with Gasteiger partial charge in [0, 0.05) is 13.1 Å². The van der Waals surface area contributed by atoms with Crippen molar-refractivity contribution in [3.8, 4) is 0 Å². The van der Waals surface area contributed by atoms with Crippen LogP contribution in [-0.4, -0.2) is 29.4 Å². The molecule has 1 rings (SSSR count). The van der Waals surface area contributed by atoms with E-state index in [0.717, 1.165) is 25.7 Å². The normalized spacial score (nSPS) is 18.8. The minimum Gasteiger partial charge on any atom is -0.341 e. The maximum absolute atomic E-state index is 12.4. The molecule has 1 saturated carbocycles. The summed E-state index contributed by atoms with van der Waals surface area (Å²) in [7, 11) is 1.94. The Bertz CT molecular complexity index is 241. The van der Waals surface area contributed by atoms with Crippen LogP contribution in [0.4, 0.5) is 0 Å². The Balaban J connectivity index is 2.67. The number of rotatable bonds is 4. The van der Waals surface area contributed by atoms with Crippen LogP contribution in [0.25, 0.3) is 0 Å². The molecule has 0 aromatic rings. The van der Waals surface area contributed by atoms with Gasteiger partial charge in [0.2, 0.25) is 5.91 Å². The van der Waals surface area contributed by atoms with Crippen LogP contribution in [0.5, 0.6) is 0 Å².